The summed E-state index contributed by atoms with van der Waals surface area (Å²) in [5.74, 6) is -0.377. The van der Waals surface area contributed by atoms with Crippen molar-refractivity contribution in [2.45, 2.75) is 37.3 Å². The Bertz CT molecular complexity index is 843. The Balaban J connectivity index is 1.43. The van der Waals surface area contributed by atoms with E-state index in [4.69, 9.17) is 9.47 Å². The molecule has 2 atom stereocenters. The summed E-state index contributed by atoms with van der Waals surface area (Å²) in [7, 11) is 0. The number of aliphatic carboxylic acids is 1. The molecule has 6 nitrogen and oxygen atoms in total. The van der Waals surface area contributed by atoms with Crippen LogP contribution < -0.4 is 4.74 Å². The number of fused-ring (bicyclic) bond motifs is 1. The van der Waals surface area contributed by atoms with Gasteiger partial charge in [0.15, 0.2) is 0 Å². The molecule has 0 radical (unpaired) electrons. The monoisotopic (exact) mass is 399 g/mol. The van der Waals surface area contributed by atoms with E-state index in [0.717, 1.165) is 35.8 Å². The zero-order valence-electron chi connectivity index (χ0n) is 16.6. The number of nitrogens with zero attached hydrogens (tertiary/aromatic N) is 1. The van der Waals surface area contributed by atoms with Crippen LogP contribution in [0.1, 0.15) is 25.7 Å². The molecule has 2 fully saturated rings. The van der Waals surface area contributed by atoms with Crippen LogP contribution in [0, 0.1) is 5.92 Å². The van der Waals surface area contributed by atoms with Crippen molar-refractivity contribution in [3.63, 3.8) is 0 Å². The maximum absolute atomic E-state index is 11.6. The second-order valence-corrected chi connectivity index (χ2v) is 8.26. The first-order valence-electron chi connectivity index (χ1n) is 10.4. The van der Waals surface area contributed by atoms with E-state index in [1.807, 2.05) is 42.5 Å². The fourth-order valence-corrected chi connectivity index (χ4v) is 4.75. The summed E-state index contributed by atoms with van der Waals surface area (Å²) in [6.07, 6.45) is 2.60. The number of likely N-dealkylation sites (tertiary alicyclic amines) is 1. The number of β-amino-alcohol motifs (C(OH)–C–C–N with tert-alkyl or cyclic N) is 1. The standard InChI is InChI=1S/C23H29NO5/c25-19(16-29-21-7-3-5-17-4-1-2-6-20(17)21)15-24-14-18(22(26)27)8-9-23(24)10-12-28-13-11-23/h1-7,18-19,25H,8-16H2,(H,26,27). The minimum absolute atomic E-state index is 0.0649. The van der Waals surface area contributed by atoms with Gasteiger partial charge in [0, 0.05) is 37.2 Å². The van der Waals surface area contributed by atoms with Crippen molar-refractivity contribution in [3.05, 3.63) is 42.5 Å². The Kier molecular flexibility index (Phi) is 6.04. The smallest absolute Gasteiger partial charge is 0.307 e. The predicted molar refractivity (Wildman–Crippen MR) is 110 cm³/mol. The molecule has 156 valence electrons. The topological polar surface area (TPSA) is 79.2 Å². The third-order valence-corrected chi connectivity index (χ3v) is 6.45. The Labute approximate surface area is 171 Å². The summed E-state index contributed by atoms with van der Waals surface area (Å²) in [5, 5.41) is 22.3. The molecule has 0 aliphatic carbocycles. The van der Waals surface area contributed by atoms with E-state index < -0.39 is 12.1 Å². The van der Waals surface area contributed by atoms with Crippen LogP contribution in [-0.2, 0) is 9.53 Å². The van der Waals surface area contributed by atoms with Crippen LogP contribution in [0.2, 0.25) is 0 Å². The quantitative estimate of drug-likeness (QED) is 0.778. The van der Waals surface area contributed by atoms with Crippen molar-refractivity contribution in [1.29, 1.82) is 0 Å². The van der Waals surface area contributed by atoms with Gasteiger partial charge in [-0.05, 0) is 37.1 Å². The Morgan fingerprint density at radius 3 is 2.72 bits per heavy atom. The van der Waals surface area contributed by atoms with Gasteiger partial charge in [0.1, 0.15) is 18.5 Å². The average Bonchev–Trinajstić information content (AvgIpc) is 2.74. The van der Waals surface area contributed by atoms with E-state index in [0.29, 0.717) is 32.7 Å². The van der Waals surface area contributed by atoms with Gasteiger partial charge in [0.05, 0.1) is 5.92 Å². The third kappa shape index (κ3) is 4.39. The lowest BCUT2D eigenvalue weighted by Gasteiger charge is -2.51. The van der Waals surface area contributed by atoms with Crippen LogP contribution in [0.5, 0.6) is 5.75 Å². The lowest BCUT2D eigenvalue weighted by Crippen LogP contribution is -2.59. The van der Waals surface area contributed by atoms with Crippen molar-refractivity contribution in [2.75, 3.05) is 32.9 Å². The second-order valence-electron chi connectivity index (χ2n) is 8.26. The van der Waals surface area contributed by atoms with Crippen LogP contribution >= 0.6 is 0 Å². The minimum Gasteiger partial charge on any atom is -0.490 e. The number of hydrogen-bond acceptors (Lipinski definition) is 5. The van der Waals surface area contributed by atoms with Crippen LogP contribution in [0.3, 0.4) is 0 Å². The number of hydrogen-bond donors (Lipinski definition) is 2. The molecule has 2 aliphatic heterocycles. The summed E-state index contributed by atoms with van der Waals surface area (Å²) in [6.45, 7) is 2.44. The van der Waals surface area contributed by atoms with Crippen molar-refractivity contribution < 1.29 is 24.5 Å². The third-order valence-electron chi connectivity index (χ3n) is 6.45. The number of rotatable bonds is 6. The number of carboxylic acids is 1. The van der Waals surface area contributed by atoms with Crippen molar-refractivity contribution in [1.82, 2.24) is 4.90 Å². The molecule has 2 saturated heterocycles. The van der Waals surface area contributed by atoms with Gasteiger partial charge in [0.25, 0.3) is 0 Å². The number of carbonyl (C=O) groups is 1. The summed E-state index contributed by atoms with van der Waals surface area (Å²) < 4.78 is 11.5. The van der Waals surface area contributed by atoms with Gasteiger partial charge in [-0.15, -0.1) is 0 Å². The number of benzene rings is 2. The summed E-state index contributed by atoms with van der Waals surface area (Å²) in [5.41, 5.74) is -0.0649. The SMILES string of the molecule is O=C(O)C1CCC2(CCOCC2)N(CC(O)COc2cccc3ccccc23)C1. The van der Waals surface area contributed by atoms with Gasteiger partial charge in [-0.2, -0.15) is 0 Å². The molecule has 4 rings (SSSR count). The van der Waals surface area contributed by atoms with Crippen LogP contribution in [0.4, 0.5) is 0 Å². The summed E-state index contributed by atoms with van der Waals surface area (Å²) in [6, 6.07) is 13.9. The number of ether oxygens (including phenoxy) is 2. The molecule has 2 heterocycles. The van der Waals surface area contributed by atoms with E-state index in [1.54, 1.807) is 0 Å². The first-order chi connectivity index (χ1) is 14.1. The molecular formula is C23H29NO5. The lowest BCUT2D eigenvalue weighted by molar-refractivity contribution is -0.148. The Hall–Kier alpha value is -2.15. The second kappa shape index (κ2) is 8.69. The van der Waals surface area contributed by atoms with Gasteiger partial charge in [-0.3, -0.25) is 9.69 Å². The van der Waals surface area contributed by atoms with E-state index in [9.17, 15) is 15.0 Å². The summed E-state index contributed by atoms with van der Waals surface area (Å²) >= 11 is 0. The number of aliphatic hydroxyl groups is 1. The van der Waals surface area contributed by atoms with E-state index >= 15 is 0 Å². The van der Waals surface area contributed by atoms with Crippen LogP contribution in [0.25, 0.3) is 10.8 Å². The molecule has 2 N–H and O–H groups in total. The van der Waals surface area contributed by atoms with Crippen LogP contribution in [-0.4, -0.2) is 65.6 Å². The van der Waals surface area contributed by atoms with E-state index in [2.05, 4.69) is 4.90 Å². The summed E-state index contributed by atoms with van der Waals surface area (Å²) in [4.78, 5) is 13.7. The molecule has 29 heavy (non-hydrogen) atoms. The highest BCUT2D eigenvalue weighted by atomic mass is 16.5. The van der Waals surface area contributed by atoms with Crippen LogP contribution in [0.15, 0.2) is 42.5 Å². The normalized spacial score (nSPS) is 23.1. The molecule has 6 heteroatoms. The number of piperidine rings is 1. The molecule has 0 aromatic heterocycles. The molecular weight excluding hydrogens is 370 g/mol. The van der Waals surface area contributed by atoms with Gasteiger partial charge in [-0.1, -0.05) is 36.4 Å². The molecule has 1 spiro atoms. The first-order valence-corrected chi connectivity index (χ1v) is 10.4. The van der Waals surface area contributed by atoms with Crippen molar-refractivity contribution in [2.24, 2.45) is 5.92 Å². The highest BCUT2D eigenvalue weighted by Crippen LogP contribution is 2.38. The molecule has 2 aromatic rings. The average molecular weight is 399 g/mol. The lowest BCUT2D eigenvalue weighted by atomic mass is 9.77. The minimum atomic E-state index is -0.751. The number of aliphatic hydroxyl groups excluding tert-OH is 1. The van der Waals surface area contributed by atoms with Gasteiger partial charge in [0.2, 0.25) is 0 Å². The molecule has 0 amide bonds. The van der Waals surface area contributed by atoms with Gasteiger partial charge in [-0.25, -0.2) is 0 Å². The zero-order valence-corrected chi connectivity index (χ0v) is 16.6. The molecule has 2 aliphatic rings. The Morgan fingerprint density at radius 2 is 1.93 bits per heavy atom. The van der Waals surface area contributed by atoms with E-state index in [-0.39, 0.29) is 18.1 Å². The van der Waals surface area contributed by atoms with Gasteiger partial charge >= 0.3 is 5.97 Å². The first kappa shape index (κ1) is 20.1. The zero-order chi connectivity index (χ0) is 20.3. The predicted octanol–water partition coefficient (Wildman–Crippen LogP) is 2.93. The van der Waals surface area contributed by atoms with Crippen molar-refractivity contribution in [3.8, 4) is 5.75 Å². The van der Waals surface area contributed by atoms with E-state index in [1.165, 1.54) is 0 Å². The molecule has 2 aromatic carbocycles. The van der Waals surface area contributed by atoms with Crippen molar-refractivity contribution >= 4 is 16.7 Å². The fourth-order valence-electron chi connectivity index (χ4n) is 4.75. The molecule has 0 saturated carbocycles. The Morgan fingerprint density at radius 1 is 1.17 bits per heavy atom. The molecule has 2 unspecified atom stereocenters. The largest absolute Gasteiger partial charge is 0.490 e. The highest BCUT2D eigenvalue weighted by molar-refractivity contribution is 5.88. The fraction of sp³-hybridized carbons (Fsp3) is 0.522. The maximum atomic E-state index is 11.6. The van der Waals surface area contributed by atoms with Gasteiger partial charge < -0.3 is 19.7 Å². The maximum Gasteiger partial charge on any atom is 0.307 e. The highest BCUT2D eigenvalue weighted by Gasteiger charge is 2.44. The number of carboxylic acid groups (broad SMARTS) is 1. The molecule has 0 bridgehead atoms.